The first-order valence-corrected chi connectivity index (χ1v) is 9.64. The normalized spacial score (nSPS) is 30.8. The van der Waals surface area contributed by atoms with Crippen molar-refractivity contribution in [2.75, 3.05) is 12.6 Å². The van der Waals surface area contributed by atoms with Crippen LogP contribution in [-0.4, -0.2) is 44.1 Å². The van der Waals surface area contributed by atoms with E-state index in [9.17, 15) is 14.7 Å². The van der Waals surface area contributed by atoms with Crippen molar-refractivity contribution in [3.05, 3.63) is 48.1 Å². The number of likely N-dealkylation sites (tertiary alicyclic amines) is 1. The first-order chi connectivity index (χ1) is 12.3. The van der Waals surface area contributed by atoms with Gasteiger partial charge in [-0.3, -0.25) is 14.5 Å². The third kappa shape index (κ3) is 2.28. The molecule has 3 rings (SSSR count). The molecular formula is C18H16BrCl2NO4. The van der Waals surface area contributed by atoms with Crippen molar-refractivity contribution in [3.63, 3.8) is 0 Å². The van der Waals surface area contributed by atoms with Gasteiger partial charge in [-0.25, -0.2) is 0 Å². The van der Waals surface area contributed by atoms with E-state index in [0.717, 1.165) is 4.90 Å². The van der Waals surface area contributed by atoms with Crippen molar-refractivity contribution in [1.82, 2.24) is 4.90 Å². The van der Waals surface area contributed by atoms with Crippen LogP contribution in [0.25, 0.3) is 0 Å². The van der Waals surface area contributed by atoms with Gasteiger partial charge >= 0.3 is 0 Å². The molecule has 26 heavy (non-hydrogen) atoms. The Kier molecular flexibility index (Phi) is 4.88. The fourth-order valence-electron chi connectivity index (χ4n) is 3.70. The van der Waals surface area contributed by atoms with Gasteiger partial charge in [-0.2, -0.15) is 0 Å². The summed E-state index contributed by atoms with van der Waals surface area (Å²) in [5.74, 6) is -1.89. The third-order valence-corrected chi connectivity index (χ3v) is 6.89. The summed E-state index contributed by atoms with van der Waals surface area (Å²) in [6, 6.07) is 4.72. The van der Waals surface area contributed by atoms with Crippen molar-refractivity contribution in [1.29, 1.82) is 0 Å². The van der Waals surface area contributed by atoms with Gasteiger partial charge in [0.25, 0.3) is 11.8 Å². The highest BCUT2D eigenvalue weighted by atomic mass is 79.9. The molecule has 1 fully saturated rings. The Balaban J connectivity index is 2.34. The number of benzene rings is 1. The molecule has 1 aliphatic heterocycles. The summed E-state index contributed by atoms with van der Waals surface area (Å²) >= 11 is 16.7. The zero-order valence-corrected chi connectivity index (χ0v) is 16.9. The first kappa shape index (κ1) is 19.3. The van der Waals surface area contributed by atoms with Crippen LogP contribution in [-0.2, 0) is 9.59 Å². The van der Waals surface area contributed by atoms with Crippen LogP contribution < -0.4 is 4.74 Å². The highest BCUT2D eigenvalue weighted by Gasteiger charge is 2.73. The number of imide groups is 1. The summed E-state index contributed by atoms with van der Waals surface area (Å²) in [6.45, 7) is 3.78. The van der Waals surface area contributed by atoms with Crippen molar-refractivity contribution < 1.29 is 19.4 Å². The zero-order chi connectivity index (χ0) is 19.3. The van der Waals surface area contributed by atoms with E-state index >= 15 is 0 Å². The SMILES string of the molecule is C=CC1=CC[C@@]2(Cl)C(=O)N(CBr)C(=O)[C@@]2(Cl)[C@H]1c1c(O)cccc1OC. The van der Waals surface area contributed by atoms with Gasteiger partial charge in [0.15, 0.2) is 9.75 Å². The number of aromatic hydroxyl groups is 1. The second kappa shape index (κ2) is 6.59. The molecule has 0 unspecified atom stereocenters. The molecule has 1 aromatic rings. The maximum atomic E-state index is 13.1. The summed E-state index contributed by atoms with van der Waals surface area (Å²) in [7, 11) is 1.44. The van der Waals surface area contributed by atoms with Crippen LogP contribution in [0.4, 0.5) is 0 Å². The number of methoxy groups -OCH3 is 1. The molecule has 1 heterocycles. The van der Waals surface area contributed by atoms with Crippen LogP contribution >= 0.6 is 39.1 Å². The number of phenolic OH excluding ortho intramolecular Hbond substituents is 1. The lowest BCUT2D eigenvalue weighted by Gasteiger charge is -2.42. The van der Waals surface area contributed by atoms with E-state index in [0.29, 0.717) is 16.9 Å². The molecule has 0 bridgehead atoms. The lowest BCUT2D eigenvalue weighted by molar-refractivity contribution is -0.138. The minimum absolute atomic E-state index is 0.0261. The first-order valence-electron chi connectivity index (χ1n) is 7.76. The molecule has 0 aromatic heterocycles. The van der Waals surface area contributed by atoms with E-state index < -0.39 is 27.5 Å². The van der Waals surface area contributed by atoms with Crippen molar-refractivity contribution in [2.45, 2.75) is 22.1 Å². The van der Waals surface area contributed by atoms with E-state index in [1.807, 2.05) is 0 Å². The van der Waals surface area contributed by atoms with E-state index in [-0.39, 0.29) is 17.6 Å². The number of allylic oxidation sites excluding steroid dienone is 3. The fraction of sp³-hybridized carbons (Fsp3) is 0.333. The van der Waals surface area contributed by atoms with E-state index in [4.69, 9.17) is 27.9 Å². The molecule has 0 saturated carbocycles. The molecule has 2 aliphatic rings. The Morgan fingerprint density at radius 2 is 2.12 bits per heavy atom. The van der Waals surface area contributed by atoms with Gasteiger partial charge in [-0.15, -0.1) is 23.2 Å². The van der Waals surface area contributed by atoms with Crippen molar-refractivity contribution in [3.8, 4) is 11.5 Å². The number of hydrogen-bond acceptors (Lipinski definition) is 4. The molecule has 138 valence electrons. The molecule has 1 aromatic carbocycles. The van der Waals surface area contributed by atoms with Gasteiger partial charge in [0.05, 0.1) is 12.6 Å². The highest BCUT2D eigenvalue weighted by molar-refractivity contribution is 9.09. The number of ether oxygens (including phenoxy) is 1. The predicted octanol–water partition coefficient (Wildman–Crippen LogP) is 3.68. The number of nitrogens with zero attached hydrogens (tertiary/aromatic N) is 1. The van der Waals surface area contributed by atoms with Gasteiger partial charge in [0, 0.05) is 11.5 Å². The Morgan fingerprint density at radius 1 is 1.42 bits per heavy atom. The molecule has 3 atom stereocenters. The lowest BCUT2D eigenvalue weighted by atomic mass is 9.68. The maximum absolute atomic E-state index is 13.1. The van der Waals surface area contributed by atoms with Crippen LogP contribution in [0.3, 0.4) is 0 Å². The molecule has 1 aliphatic carbocycles. The number of halogens is 3. The number of carbonyl (C=O) groups excluding carboxylic acids is 2. The van der Waals surface area contributed by atoms with Gasteiger partial charge in [-0.1, -0.05) is 40.7 Å². The Hall–Kier alpha value is -1.50. The molecule has 2 amide bonds. The minimum atomic E-state index is -1.83. The average molecular weight is 461 g/mol. The highest BCUT2D eigenvalue weighted by Crippen LogP contribution is 2.61. The topological polar surface area (TPSA) is 66.8 Å². The molecule has 1 N–H and O–H groups in total. The number of fused-ring (bicyclic) bond motifs is 1. The fourth-order valence-corrected chi connectivity index (χ4v) is 5.02. The van der Waals surface area contributed by atoms with Crippen molar-refractivity contribution >= 4 is 50.9 Å². The van der Waals surface area contributed by atoms with Crippen LogP contribution in [0.1, 0.15) is 17.9 Å². The van der Waals surface area contributed by atoms with Crippen LogP contribution in [0.15, 0.2) is 42.5 Å². The number of amides is 2. The van der Waals surface area contributed by atoms with Gasteiger partial charge < -0.3 is 9.84 Å². The quantitative estimate of drug-likeness (QED) is 0.422. The summed E-state index contributed by atoms with van der Waals surface area (Å²) < 4.78 is 5.37. The molecule has 0 radical (unpaired) electrons. The number of phenols is 1. The monoisotopic (exact) mass is 459 g/mol. The summed E-state index contributed by atoms with van der Waals surface area (Å²) in [6.07, 6.45) is 3.34. The third-order valence-electron chi connectivity index (χ3n) is 4.97. The number of rotatable bonds is 4. The Morgan fingerprint density at radius 3 is 2.69 bits per heavy atom. The predicted molar refractivity (Wildman–Crippen MR) is 103 cm³/mol. The van der Waals surface area contributed by atoms with Crippen LogP contribution in [0, 0.1) is 0 Å². The smallest absolute Gasteiger partial charge is 0.254 e. The van der Waals surface area contributed by atoms with E-state index in [2.05, 4.69) is 22.5 Å². The summed E-state index contributed by atoms with van der Waals surface area (Å²) in [5.41, 5.74) is 0.855. The number of alkyl halides is 3. The van der Waals surface area contributed by atoms with Gasteiger partial charge in [0.1, 0.15) is 11.5 Å². The Bertz CT molecular complexity index is 842. The maximum Gasteiger partial charge on any atom is 0.254 e. The standard InChI is InChI=1S/C18H16BrCl2NO4/c1-3-10-7-8-17(20)15(24)22(9-19)16(25)18(17,21)14(10)13-11(23)5-4-6-12(13)26-2/h3-7,14,23H,1,8-9H2,2H3/t14-,17-,18+/m1/s1. The second-order valence-corrected chi connectivity index (χ2v) is 7.85. The van der Waals surface area contributed by atoms with Gasteiger partial charge in [-0.05, 0) is 24.1 Å². The molecule has 8 heteroatoms. The lowest BCUT2D eigenvalue weighted by Crippen LogP contribution is -2.55. The summed E-state index contributed by atoms with van der Waals surface area (Å²) in [5, 5.41) is 10.5. The van der Waals surface area contributed by atoms with Crippen LogP contribution in [0.5, 0.6) is 11.5 Å². The van der Waals surface area contributed by atoms with E-state index in [1.54, 1.807) is 24.3 Å². The largest absolute Gasteiger partial charge is 0.508 e. The number of carbonyl (C=O) groups is 2. The van der Waals surface area contributed by atoms with Crippen molar-refractivity contribution in [2.24, 2.45) is 0 Å². The Labute approximate surface area is 169 Å². The molecule has 1 saturated heterocycles. The van der Waals surface area contributed by atoms with Gasteiger partial charge in [0.2, 0.25) is 0 Å². The second-order valence-electron chi connectivity index (χ2n) is 6.11. The van der Waals surface area contributed by atoms with E-state index in [1.165, 1.54) is 13.2 Å². The van der Waals surface area contributed by atoms with Crippen LogP contribution in [0.2, 0.25) is 0 Å². The average Bonchev–Trinajstić information content (AvgIpc) is 2.78. The molecule has 5 nitrogen and oxygen atoms in total. The molecular weight excluding hydrogens is 445 g/mol. The minimum Gasteiger partial charge on any atom is -0.508 e. The molecule has 0 spiro atoms. The summed E-state index contributed by atoms with van der Waals surface area (Å²) in [4.78, 5) is 23.4. The zero-order valence-electron chi connectivity index (χ0n) is 13.8. The number of hydrogen-bond donors (Lipinski definition) is 1.